The van der Waals surface area contributed by atoms with Crippen LogP contribution in [0.4, 0.5) is 0 Å². The molecule has 92 valence electrons. The fourth-order valence-electron chi connectivity index (χ4n) is 2.00. The van der Waals surface area contributed by atoms with Gasteiger partial charge in [0.2, 0.25) is 0 Å². The molecule has 0 spiro atoms. The third kappa shape index (κ3) is 3.30. The minimum atomic E-state index is 0.0400. The van der Waals surface area contributed by atoms with E-state index in [0.29, 0.717) is 12.6 Å². The molecule has 0 bridgehead atoms. The van der Waals surface area contributed by atoms with Gasteiger partial charge in [0.05, 0.1) is 0 Å². The molecule has 2 rings (SSSR count). The number of aryl methyl sites for hydroxylation is 2. The van der Waals surface area contributed by atoms with Gasteiger partial charge in [-0.05, 0) is 37.8 Å². The summed E-state index contributed by atoms with van der Waals surface area (Å²) >= 11 is 0. The van der Waals surface area contributed by atoms with Crippen LogP contribution in [0.3, 0.4) is 0 Å². The van der Waals surface area contributed by atoms with E-state index in [1.807, 2.05) is 32.0 Å². The Morgan fingerprint density at radius 1 is 1.24 bits per heavy atom. The molecule has 0 heterocycles. The van der Waals surface area contributed by atoms with Crippen LogP contribution >= 0.6 is 0 Å². The van der Waals surface area contributed by atoms with Crippen LogP contribution < -0.4 is 10.6 Å². The molecule has 0 unspecified atom stereocenters. The highest BCUT2D eigenvalue weighted by Gasteiger charge is 2.19. The summed E-state index contributed by atoms with van der Waals surface area (Å²) in [6.45, 7) is 5.51. The summed E-state index contributed by atoms with van der Waals surface area (Å²) in [5.41, 5.74) is 2.90. The van der Waals surface area contributed by atoms with E-state index in [9.17, 15) is 4.79 Å². The second kappa shape index (κ2) is 5.32. The van der Waals surface area contributed by atoms with E-state index in [0.717, 1.165) is 23.2 Å². The van der Waals surface area contributed by atoms with Gasteiger partial charge in [-0.2, -0.15) is 0 Å². The molecule has 0 aromatic heterocycles. The van der Waals surface area contributed by atoms with E-state index in [2.05, 4.69) is 10.6 Å². The van der Waals surface area contributed by atoms with Crippen LogP contribution in [0, 0.1) is 13.8 Å². The van der Waals surface area contributed by atoms with Gasteiger partial charge in [0, 0.05) is 24.7 Å². The van der Waals surface area contributed by atoms with Gasteiger partial charge >= 0.3 is 0 Å². The van der Waals surface area contributed by atoms with E-state index >= 15 is 0 Å². The first kappa shape index (κ1) is 12.1. The highest BCUT2D eigenvalue weighted by Crippen LogP contribution is 2.17. The second-order valence-electron chi connectivity index (χ2n) is 4.75. The Labute approximate surface area is 103 Å². The minimum Gasteiger partial charge on any atom is -0.351 e. The highest BCUT2D eigenvalue weighted by molar-refractivity contribution is 5.97. The lowest BCUT2D eigenvalue weighted by molar-refractivity contribution is 0.0952. The first-order valence-electron chi connectivity index (χ1n) is 6.26. The van der Waals surface area contributed by atoms with Crippen LogP contribution in [-0.2, 0) is 0 Å². The lowest BCUT2D eigenvalue weighted by Gasteiger charge is -2.10. The Hall–Kier alpha value is -1.35. The molecule has 1 aromatic rings. The summed E-state index contributed by atoms with van der Waals surface area (Å²) in [5, 5.41) is 6.34. The molecule has 1 aliphatic carbocycles. The van der Waals surface area contributed by atoms with Crippen molar-refractivity contribution in [2.45, 2.75) is 32.7 Å². The summed E-state index contributed by atoms with van der Waals surface area (Å²) in [5.74, 6) is 0.0400. The fourth-order valence-corrected chi connectivity index (χ4v) is 2.00. The first-order chi connectivity index (χ1) is 8.18. The Morgan fingerprint density at radius 2 is 1.88 bits per heavy atom. The van der Waals surface area contributed by atoms with Crippen molar-refractivity contribution in [3.05, 3.63) is 34.9 Å². The predicted octanol–water partition coefficient (Wildman–Crippen LogP) is 1.79. The monoisotopic (exact) mass is 232 g/mol. The number of amides is 1. The summed E-state index contributed by atoms with van der Waals surface area (Å²) in [4.78, 5) is 12.0. The molecule has 3 heteroatoms. The molecule has 17 heavy (non-hydrogen) atoms. The van der Waals surface area contributed by atoms with Crippen molar-refractivity contribution >= 4 is 5.91 Å². The van der Waals surface area contributed by atoms with Crippen LogP contribution in [0.15, 0.2) is 18.2 Å². The number of carbonyl (C=O) groups excluding carboxylic acids is 1. The summed E-state index contributed by atoms with van der Waals surface area (Å²) in [7, 11) is 0. The molecular formula is C14H20N2O. The van der Waals surface area contributed by atoms with Crippen molar-refractivity contribution in [2.24, 2.45) is 0 Å². The quantitative estimate of drug-likeness (QED) is 0.760. The zero-order chi connectivity index (χ0) is 12.3. The maximum atomic E-state index is 12.0. The number of rotatable bonds is 5. The first-order valence-corrected chi connectivity index (χ1v) is 6.26. The maximum absolute atomic E-state index is 12.0. The highest BCUT2D eigenvalue weighted by atomic mass is 16.1. The predicted molar refractivity (Wildman–Crippen MR) is 69.3 cm³/mol. The van der Waals surface area contributed by atoms with E-state index < -0.39 is 0 Å². The summed E-state index contributed by atoms with van der Waals surface area (Å²) in [6.07, 6.45) is 2.57. The minimum absolute atomic E-state index is 0.0400. The van der Waals surface area contributed by atoms with E-state index in [1.165, 1.54) is 12.8 Å². The van der Waals surface area contributed by atoms with Crippen molar-refractivity contribution < 1.29 is 4.79 Å². The average molecular weight is 232 g/mol. The van der Waals surface area contributed by atoms with Crippen LogP contribution in [0.2, 0.25) is 0 Å². The van der Waals surface area contributed by atoms with Crippen LogP contribution in [0.25, 0.3) is 0 Å². The van der Waals surface area contributed by atoms with Crippen LogP contribution in [-0.4, -0.2) is 25.0 Å². The fraction of sp³-hybridized carbons (Fsp3) is 0.500. The largest absolute Gasteiger partial charge is 0.351 e. The van der Waals surface area contributed by atoms with Gasteiger partial charge in [-0.25, -0.2) is 0 Å². The molecule has 0 atom stereocenters. The van der Waals surface area contributed by atoms with Crippen molar-refractivity contribution in [2.75, 3.05) is 13.1 Å². The number of hydrogen-bond acceptors (Lipinski definition) is 2. The lowest BCUT2D eigenvalue weighted by Crippen LogP contribution is -2.33. The van der Waals surface area contributed by atoms with E-state index in [-0.39, 0.29) is 5.91 Å². The Balaban J connectivity index is 1.85. The van der Waals surface area contributed by atoms with Gasteiger partial charge in [-0.1, -0.05) is 18.2 Å². The van der Waals surface area contributed by atoms with Crippen molar-refractivity contribution in [3.63, 3.8) is 0 Å². The van der Waals surface area contributed by atoms with Crippen molar-refractivity contribution in [1.82, 2.24) is 10.6 Å². The van der Waals surface area contributed by atoms with Gasteiger partial charge in [0.25, 0.3) is 5.91 Å². The number of nitrogens with one attached hydrogen (secondary N) is 2. The van der Waals surface area contributed by atoms with Crippen molar-refractivity contribution in [3.8, 4) is 0 Å². The third-order valence-corrected chi connectivity index (χ3v) is 3.13. The zero-order valence-electron chi connectivity index (χ0n) is 10.5. The normalized spacial score (nSPS) is 14.7. The third-order valence-electron chi connectivity index (χ3n) is 3.13. The van der Waals surface area contributed by atoms with Gasteiger partial charge in [0.1, 0.15) is 0 Å². The standard InChI is InChI=1S/C14H20N2O/c1-10-4-3-5-11(2)13(10)14(17)16-9-8-15-12-6-7-12/h3-5,12,15H,6-9H2,1-2H3,(H,16,17). The molecular weight excluding hydrogens is 212 g/mol. The molecule has 1 fully saturated rings. The second-order valence-corrected chi connectivity index (χ2v) is 4.75. The van der Waals surface area contributed by atoms with Crippen LogP contribution in [0.1, 0.15) is 34.3 Å². The Kier molecular flexibility index (Phi) is 3.79. The smallest absolute Gasteiger partial charge is 0.251 e. The molecule has 1 amide bonds. The summed E-state index contributed by atoms with van der Waals surface area (Å²) < 4.78 is 0. The molecule has 2 N–H and O–H groups in total. The van der Waals surface area contributed by atoms with Gasteiger partial charge in [-0.3, -0.25) is 4.79 Å². The van der Waals surface area contributed by atoms with Gasteiger partial charge < -0.3 is 10.6 Å². The van der Waals surface area contributed by atoms with Crippen LogP contribution in [0.5, 0.6) is 0 Å². The number of carbonyl (C=O) groups is 1. The summed E-state index contributed by atoms with van der Waals surface area (Å²) in [6, 6.07) is 6.64. The molecule has 1 aromatic carbocycles. The molecule has 1 saturated carbocycles. The van der Waals surface area contributed by atoms with Gasteiger partial charge in [0.15, 0.2) is 0 Å². The Bertz CT molecular complexity index is 390. The zero-order valence-corrected chi connectivity index (χ0v) is 10.5. The molecule has 0 aliphatic heterocycles. The molecule has 1 aliphatic rings. The Morgan fingerprint density at radius 3 is 2.47 bits per heavy atom. The SMILES string of the molecule is Cc1cccc(C)c1C(=O)NCCNC1CC1. The van der Waals surface area contributed by atoms with E-state index in [1.54, 1.807) is 0 Å². The lowest BCUT2D eigenvalue weighted by atomic mass is 10.0. The molecule has 3 nitrogen and oxygen atoms in total. The number of benzene rings is 1. The van der Waals surface area contributed by atoms with Crippen molar-refractivity contribution in [1.29, 1.82) is 0 Å². The number of hydrogen-bond donors (Lipinski definition) is 2. The van der Waals surface area contributed by atoms with Gasteiger partial charge in [-0.15, -0.1) is 0 Å². The molecule has 0 saturated heterocycles. The maximum Gasteiger partial charge on any atom is 0.251 e. The molecule has 0 radical (unpaired) electrons. The average Bonchev–Trinajstić information content (AvgIpc) is 3.08. The topological polar surface area (TPSA) is 41.1 Å². The van der Waals surface area contributed by atoms with E-state index in [4.69, 9.17) is 0 Å².